The van der Waals surface area contributed by atoms with Crippen LogP contribution in [0.5, 0.6) is 0 Å². The van der Waals surface area contributed by atoms with Crippen LogP contribution in [-0.4, -0.2) is 18.8 Å². The summed E-state index contributed by atoms with van der Waals surface area (Å²) in [6, 6.07) is 0. The van der Waals surface area contributed by atoms with Crippen LogP contribution in [0.15, 0.2) is 17.6 Å². The van der Waals surface area contributed by atoms with Gasteiger partial charge in [-0.05, 0) is 25.5 Å². The van der Waals surface area contributed by atoms with Gasteiger partial charge in [0.15, 0.2) is 0 Å². The summed E-state index contributed by atoms with van der Waals surface area (Å²) in [6.45, 7) is 9.14. The minimum Gasteiger partial charge on any atom is -0.330 e. The van der Waals surface area contributed by atoms with Crippen LogP contribution in [0.3, 0.4) is 0 Å². The molecule has 0 aliphatic carbocycles. The summed E-state index contributed by atoms with van der Waals surface area (Å²) < 4.78 is 0. The molecule has 1 unspecified atom stereocenters. The van der Waals surface area contributed by atoms with Crippen LogP contribution in [0.1, 0.15) is 13.8 Å². The van der Waals surface area contributed by atoms with Crippen LogP contribution in [-0.2, 0) is 0 Å². The second-order valence-corrected chi connectivity index (χ2v) is 2.53. The highest BCUT2D eigenvalue weighted by atomic mass is 14.7. The van der Waals surface area contributed by atoms with E-state index in [1.54, 1.807) is 6.08 Å². The van der Waals surface area contributed by atoms with E-state index >= 15 is 0 Å². The van der Waals surface area contributed by atoms with Crippen molar-refractivity contribution in [2.75, 3.05) is 13.1 Å². The smallest absolute Gasteiger partial charge is 0.0430 e. The summed E-state index contributed by atoms with van der Waals surface area (Å²) in [4.78, 5) is 4.23. The standard InChI is InChI=1S/C8H16N2/c1-4-8(3)10-6-7(2)5-9/h4,7H,1,5-6,9H2,2-3H3. The second-order valence-electron chi connectivity index (χ2n) is 2.53. The Kier molecular flexibility index (Phi) is 4.85. The Labute approximate surface area is 62.8 Å². The molecule has 0 heterocycles. The summed E-state index contributed by atoms with van der Waals surface area (Å²) in [5.41, 5.74) is 6.39. The largest absolute Gasteiger partial charge is 0.330 e. The van der Waals surface area contributed by atoms with Crippen LogP contribution < -0.4 is 5.73 Å². The first-order chi connectivity index (χ1) is 4.70. The van der Waals surface area contributed by atoms with Crippen molar-refractivity contribution in [3.05, 3.63) is 12.7 Å². The summed E-state index contributed by atoms with van der Waals surface area (Å²) in [5, 5.41) is 0. The molecule has 0 saturated heterocycles. The van der Waals surface area contributed by atoms with E-state index in [9.17, 15) is 0 Å². The highest BCUT2D eigenvalue weighted by molar-refractivity contribution is 5.92. The van der Waals surface area contributed by atoms with Crippen molar-refractivity contribution >= 4 is 5.71 Å². The first-order valence-electron chi connectivity index (χ1n) is 3.54. The molecule has 1 atom stereocenters. The maximum atomic E-state index is 5.40. The van der Waals surface area contributed by atoms with E-state index in [4.69, 9.17) is 5.73 Å². The Bertz CT molecular complexity index is 127. The van der Waals surface area contributed by atoms with Gasteiger partial charge in [-0.1, -0.05) is 13.5 Å². The van der Waals surface area contributed by atoms with Crippen molar-refractivity contribution in [1.82, 2.24) is 0 Å². The molecule has 10 heavy (non-hydrogen) atoms. The van der Waals surface area contributed by atoms with Gasteiger partial charge < -0.3 is 5.73 Å². The maximum absolute atomic E-state index is 5.40. The van der Waals surface area contributed by atoms with Gasteiger partial charge in [-0.25, -0.2) is 0 Å². The van der Waals surface area contributed by atoms with E-state index in [1.165, 1.54) is 0 Å². The van der Waals surface area contributed by atoms with Crippen LogP contribution in [0.4, 0.5) is 0 Å². The number of hydrogen-bond donors (Lipinski definition) is 1. The topological polar surface area (TPSA) is 38.4 Å². The predicted octanol–water partition coefficient (Wildman–Crippen LogP) is 1.23. The molecular formula is C8H16N2. The van der Waals surface area contributed by atoms with E-state index in [2.05, 4.69) is 18.5 Å². The number of nitrogens with two attached hydrogens (primary N) is 1. The van der Waals surface area contributed by atoms with E-state index in [0.717, 1.165) is 12.3 Å². The monoisotopic (exact) mass is 140 g/mol. The SMILES string of the molecule is C=CC(C)=NCC(C)CN. The van der Waals surface area contributed by atoms with Crippen molar-refractivity contribution in [3.63, 3.8) is 0 Å². The lowest BCUT2D eigenvalue weighted by atomic mass is 10.2. The molecule has 0 fully saturated rings. The van der Waals surface area contributed by atoms with Crippen LogP contribution in [0, 0.1) is 5.92 Å². The number of aliphatic imine (C=N–C) groups is 1. The normalized spacial score (nSPS) is 14.9. The molecule has 0 saturated carbocycles. The van der Waals surface area contributed by atoms with Crippen molar-refractivity contribution in [1.29, 1.82) is 0 Å². The molecule has 0 rings (SSSR count). The molecule has 0 bridgehead atoms. The molecule has 0 spiro atoms. The van der Waals surface area contributed by atoms with Crippen molar-refractivity contribution in [2.24, 2.45) is 16.6 Å². The Morgan fingerprint density at radius 2 is 2.40 bits per heavy atom. The summed E-state index contributed by atoms with van der Waals surface area (Å²) in [6.07, 6.45) is 1.75. The van der Waals surface area contributed by atoms with Gasteiger partial charge in [-0.3, -0.25) is 4.99 Å². The van der Waals surface area contributed by atoms with Gasteiger partial charge in [0.05, 0.1) is 0 Å². The molecule has 0 aliphatic heterocycles. The number of hydrogen-bond acceptors (Lipinski definition) is 2. The molecule has 2 N–H and O–H groups in total. The van der Waals surface area contributed by atoms with E-state index < -0.39 is 0 Å². The van der Waals surface area contributed by atoms with E-state index in [0.29, 0.717) is 12.5 Å². The molecule has 0 amide bonds. The van der Waals surface area contributed by atoms with Crippen LogP contribution in [0.25, 0.3) is 0 Å². The highest BCUT2D eigenvalue weighted by Gasteiger charge is 1.94. The number of allylic oxidation sites excluding steroid dienone is 1. The fraction of sp³-hybridized carbons (Fsp3) is 0.625. The first kappa shape index (κ1) is 9.37. The molecule has 0 aromatic heterocycles. The fourth-order valence-corrected chi connectivity index (χ4v) is 0.439. The van der Waals surface area contributed by atoms with Gasteiger partial charge in [-0.15, -0.1) is 0 Å². The van der Waals surface area contributed by atoms with E-state index in [1.807, 2.05) is 6.92 Å². The molecule has 0 aromatic rings. The predicted molar refractivity (Wildman–Crippen MR) is 46.4 cm³/mol. The Balaban J connectivity index is 3.60. The van der Waals surface area contributed by atoms with E-state index in [-0.39, 0.29) is 0 Å². The minimum atomic E-state index is 0.481. The maximum Gasteiger partial charge on any atom is 0.0430 e. The average Bonchev–Trinajstić information content (AvgIpc) is 1.99. The zero-order valence-corrected chi connectivity index (χ0v) is 6.80. The molecular weight excluding hydrogens is 124 g/mol. The summed E-state index contributed by atoms with van der Waals surface area (Å²) >= 11 is 0. The molecule has 0 aliphatic rings. The molecule has 2 nitrogen and oxygen atoms in total. The Morgan fingerprint density at radius 1 is 1.80 bits per heavy atom. The highest BCUT2D eigenvalue weighted by Crippen LogP contribution is 1.92. The van der Waals surface area contributed by atoms with Gasteiger partial charge in [0, 0.05) is 12.3 Å². The van der Waals surface area contributed by atoms with Crippen molar-refractivity contribution < 1.29 is 0 Å². The molecule has 2 heteroatoms. The summed E-state index contributed by atoms with van der Waals surface area (Å²) in [7, 11) is 0. The third-order valence-electron chi connectivity index (χ3n) is 1.35. The van der Waals surface area contributed by atoms with Crippen LogP contribution >= 0.6 is 0 Å². The quantitative estimate of drug-likeness (QED) is 0.586. The minimum absolute atomic E-state index is 0.481. The van der Waals surface area contributed by atoms with Gasteiger partial charge in [-0.2, -0.15) is 0 Å². The van der Waals surface area contributed by atoms with Crippen molar-refractivity contribution in [3.8, 4) is 0 Å². The third kappa shape index (κ3) is 4.27. The summed E-state index contributed by atoms with van der Waals surface area (Å²) in [5.74, 6) is 0.481. The zero-order valence-electron chi connectivity index (χ0n) is 6.80. The van der Waals surface area contributed by atoms with Crippen LogP contribution in [0.2, 0.25) is 0 Å². The lowest BCUT2D eigenvalue weighted by Crippen LogP contribution is -2.13. The first-order valence-corrected chi connectivity index (χ1v) is 3.54. The molecule has 0 aromatic carbocycles. The molecule has 0 radical (unpaired) electrons. The number of nitrogens with zero attached hydrogens (tertiary/aromatic N) is 1. The Hall–Kier alpha value is -0.630. The fourth-order valence-electron chi connectivity index (χ4n) is 0.439. The molecule has 58 valence electrons. The van der Waals surface area contributed by atoms with Crippen molar-refractivity contribution in [2.45, 2.75) is 13.8 Å². The van der Waals surface area contributed by atoms with Gasteiger partial charge >= 0.3 is 0 Å². The third-order valence-corrected chi connectivity index (χ3v) is 1.35. The van der Waals surface area contributed by atoms with Gasteiger partial charge in [0.2, 0.25) is 0 Å². The zero-order chi connectivity index (χ0) is 7.98. The van der Waals surface area contributed by atoms with Gasteiger partial charge in [0.25, 0.3) is 0 Å². The lowest BCUT2D eigenvalue weighted by Gasteiger charge is -2.02. The number of rotatable bonds is 4. The van der Waals surface area contributed by atoms with Gasteiger partial charge in [0.1, 0.15) is 0 Å². The Morgan fingerprint density at radius 3 is 2.80 bits per heavy atom. The second kappa shape index (κ2) is 5.18. The average molecular weight is 140 g/mol. The lowest BCUT2D eigenvalue weighted by molar-refractivity contribution is 0.610.